The monoisotopic (exact) mass is 318 g/mol. The lowest BCUT2D eigenvalue weighted by Crippen LogP contribution is -2.47. The number of aryl methyl sites for hydroxylation is 1. The van der Waals surface area contributed by atoms with E-state index in [0.29, 0.717) is 19.1 Å². The molecule has 2 saturated heterocycles. The van der Waals surface area contributed by atoms with E-state index in [1.54, 1.807) is 22.4 Å². The minimum atomic E-state index is -0.0321. The first-order chi connectivity index (χ1) is 10.7. The van der Waals surface area contributed by atoms with Crippen LogP contribution in [0.3, 0.4) is 0 Å². The number of aromatic nitrogens is 3. The van der Waals surface area contributed by atoms with Gasteiger partial charge in [-0.25, -0.2) is 9.78 Å². The van der Waals surface area contributed by atoms with E-state index in [4.69, 9.17) is 0 Å². The number of likely N-dealkylation sites (tertiary alicyclic amines) is 1. The minimum absolute atomic E-state index is 0.0321. The standard InChI is InChI=1S/C14H18N6OS/c1-10-16-5-13(22-10)9-18-6-12(7-18)20-8-11(4-17-20)19-3-2-15-14(19)21/h4-5,8,12H,2-3,6-7,9H2,1H3,(H,15,21). The molecule has 2 aromatic heterocycles. The number of carbonyl (C=O) groups excluding carboxylic acids is 1. The van der Waals surface area contributed by atoms with E-state index >= 15 is 0 Å². The summed E-state index contributed by atoms with van der Waals surface area (Å²) in [6.45, 7) is 6.40. The van der Waals surface area contributed by atoms with Gasteiger partial charge in [0.15, 0.2) is 0 Å². The lowest BCUT2D eigenvalue weighted by atomic mass is 10.1. The second-order valence-corrected chi connectivity index (χ2v) is 7.07. The molecule has 22 heavy (non-hydrogen) atoms. The molecular formula is C14H18N6OS. The first kappa shape index (κ1) is 13.7. The summed E-state index contributed by atoms with van der Waals surface area (Å²) in [5.74, 6) is 0. The molecule has 0 bridgehead atoms. The molecule has 8 heteroatoms. The maximum atomic E-state index is 11.7. The Hall–Kier alpha value is -1.93. The van der Waals surface area contributed by atoms with Crippen LogP contribution in [-0.2, 0) is 6.54 Å². The largest absolute Gasteiger partial charge is 0.336 e. The van der Waals surface area contributed by atoms with Gasteiger partial charge in [-0.05, 0) is 6.92 Å². The molecule has 2 aliphatic heterocycles. The summed E-state index contributed by atoms with van der Waals surface area (Å²) in [7, 11) is 0. The fourth-order valence-corrected chi connectivity index (χ4v) is 3.76. The van der Waals surface area contributed by atoms with Gasteiger partial charge in [0.25, 0.3) is 0 Å². The van der Waals surface area contributed by atoms with Crippen LogP contribution >= 0.6 is 11.3 Å². The summed E-state index contributed by atoms with van der Waals surface area (Å²) in [4.78, 5) is 21.4. The Balaban J connectivity index is 1.35. The average molecular weight is 318 g/mol. The van der Waals surface area contributed by atoms with Crippen LogP contribution in [0.5, 0.6) is 0 Å². The molecule has 4 heterocycles. The van der Waals surface area contributed by atoms with E-state index in [0.717, 1.165) is 30.3 Å². The topological polar surface area (TPSA) is 66.3 Å². The normalized spacial score (nSPS) is 19.5. The fraction of sp³-hybridized carbons (Fsp3) is 0.500. The summed E-state index contributed by atoms with van der Waals surface area (Å²) in [5, 5.41) is 8.35. The number of rotatable bonds is 4. The predicted molar refractivity (Wildman–Crippen MR) is 84.1 cm³/mol. The van der Waals surface area contributed by atoms with Crippen molar-refractivity contribution in [3.05, 3.63) is 28.5 Å². The van der Waals surface area contributed by atoms with Crippen LogP contribution in [-0.4, -0.2) is 51.9 Å². The van der Waals surface area contributed by atoms with E-state index in [-0.39, 0.29) is 6.03 Å². The van der Waals surface area contributed by atoms with Gasteiger partial charge in [-0.3, -0.25) is 14.5 Å². The number of thiazole rings is 1. The van der Waals surface area contributed by atoms with E-state index in [1.165, 1.54) is 4.88 Å². The number of amides is 2. The van der Waals surface area contributed by atoms with Crippen molar-refractivity contribution < 1.29 is 4.79 Å². The molecule has 7 nitrogen and oxygen atoms in total. The molecule has 0 radical (unpaired) electrons. The van der Waals surface area contributed by atoms with Gasteiger partial charge in [0.2, 0.25) is 0 Å². The third-order valence-corrected chi connectivity index (χ3v) is 5.01. The predicted octanol–water partition coefficient (Wildman–Crippen LogP) is 1.23. The number of nitrogens with one attached hydrogen (secondary N) is 1. The van der Waals surface area contributed by atoms with Crippen molar-refractivity contribution in [3.8, 4) is 0 Å². The zero-order valence-electron chi connectivity index (χ0n) is 12.4. The van der Waals surface area contributed by atoms with Crippen LogP contribution in [0, 0.1) is 6.92 Å². The summed E-state index contributed by atoms with van der Waals surface area (Å²) in [6.07, 6.45) is 5.72. The van der Waals surface area contributed by atoms with Gasteiger partial charge in [0.05, 0.1) is 22.9 Å². The lowest BCUT2D eigenvalue weighted by molar-refractivity contribution is 0.0920. The smallest absolute Gasteiger partial charge is 0.322 e. The van der Waals surface area contributed by atoms with Crippen molar-refractivity contribution in [2.24, 2.45) is 0 Å². The minimum Gasteiger partial charge on any atom is -0.336 e. The Morgan fingerprint density at radius 1 is 1.41 bits per heavy atom. The number of anilines is 1. The Bertz CT molecular complexity index is 689. The molecule has 0 unspecified atom stereocenters. The number of hydrogen-bond donors (Lipinski definition) is 1. The van der Waals surface area contributed by atoms with Gasteiger partial charge in [-0.2, -0.15) is 5.10 Å². The van der Waals surface area contributed by atoms with E-state index < -0.39 is 0 Å². The Morgan fingerprint density at radius 2 is 2.27 bits per heavy atom. The molecular weight excluding hydrogens is 300 g/mol. The highest BCUT2D eigenvalue weighted by atomic mass is 32.1. The number of hydrogen-bond acceptors (Lipinski definition) is 5. The molecule has 2 aromatic rings. The number of carbonyl (C=O) groups is 1. The van der Waals surface area contributed by atoms with Crippen LogP contribution < -0.4 is 10.2 Å². The zero-order chi connectivity index (χ0) is 15.1. The molecule has 2 amide bonds. The second-order valence-electron chi connectivity index (χ2n) is 5.76. The zero-order valence-corrected chi connectivity index (χ0v) is 13.2. The van der Waals surface area contributed by atoms with E-state index in [1.807, 2.05) is 24.0 Å². The summed E-state index contributed by atoms with van der Waals surface area (Å²) in [6, 6.07) is 0.365. The molecule has 0 spiro atoms. The maximum Gasteiger partial charge on any atom is 0.322 e. The van der Waals surface area contributed by atoms with Crippen LogP contribution in [0.15, 0.2) is 18.6 Å². The van der Waals surface area contributed by atoms with Crippen LogP contribution in [0.2, 0.25) is 0 Å². The van der Waals surface area contributed by atoms with Crippen molar-refractivity contribution in [3.63, 3.8) is 0 Å². The van der Waals surface area contributed by atoms with Crippen LogP contribution in [0.4, 0.5) is 10.5 Å². The van der Waals surface area contributed by atoms with Crippen molar-refractivity contribution in [1.82, 2.24) is 25.0 Å². The molecule has 1 N–H and O–H groups in total. The Morgan fingerprint density at radius 3 is 2.95 bits per heavy atom. The highest BCUT2D eigenvalue weighted by Gasteiger charge is 2.30. The first-order valence-electron chi connectivity index (χ1n) is 7.42. The van der Waals surface area contributed by atoms with Crippen LogP contribution in [0.25, 0.3) is 0 Å². The molecule has 0 atom stereocenters. The average Bonchev–Trinajstić information content (AvgIpc) is 3.14. The Kier molecular flexibility index (Phi) is 3.34. The van der Waals surface area contributed by atoms with Crippen molar-refractivity contribution in [2.75, 3.05) is 31.1 Å². The molecule has 0 aliphatic carbocycles. The number of urea groups is 1. The molecule has 0 saturated carbocycles. The molecule has 2 fully saturated rings. The third kappa shape index (κ3) is 2.48. The lowest BCUT2D eigenvalue weighted by Gasteiger charge is -2.38. The third-order valence-electron chi connectivity index (χ3n) is 4.12. The van der Waals surface area contributed by atoms with Gasteiger partial charge in [0.1, 0.15) is 0 Å². The molecule has 4 rings (SSSR count). The summed E-state index contributed by atoms with van der Waals surface area (Å²) in [5.41, 5.74) is 0.881. The van der Waals surface area contributed by atoms with Crippen molar-refractivity contribution >= 4 is 23.1 Å². The van der Waals surface area contributed by atoms with Crippen molar-refractivity contribution in [1.29, 1.82) is 0 Å². The quantitative estimate of drug-likeness (QED) is 0.921. The highest BCUT2D eigenvalue weighted by molar-refractivity contribution is 7.11. The maximum absolute atomic E-state index is 11.7. The first-order valence-corrected chi connectivity index (χ1v) is 8.24. The van der Waals surface area contributed by atoms with E-state index in [9.17, 15) is 4.79 Å². The van der Waals surface area contributed by atoms with E-state index in [2.05, 4.69) is 20.3 Å². The van der Waals surface area contributed by atoms with Crippen LogP contribution in [0.1, 0.15) is 15.9 Å². The van der Waals surface area contributed by atoms with Gasteiger partial charge in [-0.15, -0.1) is 11.3 Å². The summed E-state index contributed by atoms with van der Waals surface area (Å²) < 4.78 is 1.98. The van der Waals surface area contributed by atoms with Crippen molar-refractivity contribution in [2.45, 2.75) is 19.5 Å². The summed E-state index contributed by atoms with van der Waals surface area (Å²) >= 11 is 1.76. The van der Waals surface area contributed by atoms with Gasteiger partial charge in [0, 0.05) is 50.0 Å². The Labute approximate surface area is 132 Å². The number of nitrogens with zero attached hydrogens (tertiary/aromatic N) is 5. The molecule has 2 aliphatic rings. The van der Waals surface area contributed by atoms with Gasteiger partial charge >= 0.3 is 6.03 Å². The van der Waals surface area contributed by atoms with Gasteiger partial charge < -0.3 is 5.32 Å². The fourth-order valence-electron chi connectivity index (χ4n) is 2.92. The molecule has 116 valence electrons. The second kappa shape index (κ2) is 5.36. The highest BCUT2D eigenvalue weighted by Crippen LogP contribution is 2.26. The molecule has 0 aromatic carbocycles. The SMILES string of the molecule is Cc1ncc(CN2CC(n3cc(N4CCNC4=O)cn3)C2)s1. The van der Waals surface area contributed by atoms with Gasteiger partial charge in [-0.1, -0.05) is 0 Å².